The lowest BCUT2D eigenvalue weighted by atomic mass is 10.0. The van der Waals surface area contributed by atoms with Crippen LogP contribution in [0.1, 0.15) is 13.3 Å². The van der Waals surface area contributed by atoms with E-state index in [0.717, 1.165) is 22.8 Å². The largest absolute Gasteiger partial charge is 0.387 e. The number of hydrogen-bond acceptors (Lipinski definition) is 7. The SMILES string of the molecule is CC(CCn1cc2cc(-c3ccc(NC(=O)CO)cc3)ccc2n1)(C(=O)NO)S(C)(=O)=O. The second-order valence-electron chi connectivity index (χ2n) is 7.64. The highest BCUT2D eigenvalue weighted by molar-refractivity contribution is 7.92. The highest BCUT2D eigenvalue weighted by Crippen LogP contribution is 2.26. The number of rotatable bonds is 8. The van der Waals surface area contributed by atoms with Gasteiger partial charge in [0.2, 0.25) is 5.91 Å². The van der Waals surface area contributed by atoms with Gasteiger partial charge in [-0.2, -0.15) is 5.10 Å². The van der Waals surface area contributed by atoms with E-state index >= 15 is 0 Å². The molecule has 0 aliphatic heterocycles. The molecule has 2 amide bonds. The molecular formula is C21H24N4O6S. The number of carbonyl (C=O) groups is 2. The Balaban J connectivity index is 1.80. The highest BCUT2D eigenvalue weighted by Gasteiger charge is 2.43. The summed E-state index contributed by atoms with van der Waals surface area (Å²) in [6.45, 7) is 0.832. The Labute approximate surface area is 184 Å². The number of amides is 2. The van der Waals surface area contributed by atoms with Crippen LogP contribution in [0, 0.1) is 0 Å². The molecule has 0 fully saturated rings. The van der Waals surface area contributed by atoms with Crippen molar-refractivity contribution < 1.29 is 28.3 Å². The average molecular weight is 461 g/mol. The van der Waals surface area contributed by atoms with Gasteiger partial charge in [0.15, 0.2) is 14.6 Å². The van der Waals surface area contributed by atoms with E-state index in [9.17, 15) is 18.0 Å². The molecule has 32 heavy (non-hydrogen) atoms. The fourth-order valence-corrected chi connectivity index (χ4v) is 4.08. The summed E-state index contributed by atoms with van der Waals surface area (Å²) in [5.41, 5.74) is 4.53. The van der Waals surface area contributed by atoms with Crippen molar-refractivity contribution in [3.8, 4) is 11.1 Å². The van der Waals surface area contributed by atoms with Gasteiger partial charge in [0.05, 0.1) is 5.52 Å². The van der Waals surface area contributed by atoms with E-state index in [1.165, 1.54) is 12.4 Å². The molecular weight excluding hydrogens is 436 g/mol. The fraction of sp³-hybridized carbons (Fsp3) is 0.286. The number of hydroxylamine groups is 1. The first-order chi connectivity index (χ1) is 15.1. The van der Waals surface area contributed by atoms with E-state index in [2.05, 4.69) is 10.4 Å². The molecule has 0 spiro atoms. The summed E-state index contributed by atoms with van der Waals surface area (Å²) < 4.78 is 24.0. The van der Waals surface area contributed by atoms with E-state index in [-0.39, 0.29) is 13.0 Å². The number of nitrogens with one attached hydrogen (secondary N) is 2. The molecule has 1 unspecified atom stereocenters. The molecule has 0 saturated carbocycles. The van der Waals surface area contributed by atoms with E-state index < -0.39 is 33.0 Å². The molecule has 3 rings (SSSR count). The van der Waals surface area contributed by atoms with Gasteiger partial charge >= 0.3 is 0 Å². The van der Waals surface area contributed by atoms with Crippen LogP contribution in [-0.4, -0.2) is 57.9 Å². The van der Waals surface area contributed by atoms with E-state index in [4.69, 9.17) is 10.3 Å². The number of benzene rings is 2. The van der Waals surface area contributed by atoms with Gasteiger partial charge in [0.1, 0.15) is 6.61 Å². The van der Waals surface area contributed by atoms with Gasteiger partial charge in [-0.05, 0) is 48.7 Å². The molecule has 3 aromatic rings. The minimum atomic E-state index is -3.78. The Morgan fingerprint density at radius 2 is 1.78 bits per heavy atom. The Hall–Kier alpha value is -3.28. The molecule has 170 valence electrons. The zero-order chi connectivity index (χ0) is 23.5. The van der Waals surface area contributed by atoms with Gasteiger partial charge in [-0.15, -0.1) is 0 Å². The normalized spacial score (nSPS) is 13.5. The molecule has 10 nitrogen and oxygen atoms in total. The average Bonchev–Trinajstić information content (AvgIpc) is 3.18. The summed E-state index contributed by atoms with van der Waals surface area (Å²) in [4.78, 5) is 23.2. The lowest BCUT2D eigenvalue weighted by Gasteiger charge is -2.24. The number of aliphatic hydroxyl groups excluding tert-OH is 1. The Morgan fingerprint density at radius 1 is 1.12 bits per heavy atom. The summed E-state index contributed by atoms with van der Waals surface area (Å²) in [6.07, 6.45) is 2.64. The first kappa shape index (κ1) is 23.4. The van der Waals surface area contributed by atoms with Crippen molar-refractivity contribution >= 4 is 38.2 Å². The number of anilines is 1. The van der Waals surface area contributed by atoms with Crippen LogP contribution in [-0.2, 0) is 26.0 Å². The van der Waals surface area contributed by atoms with Crippen LogP contribution in [0.4, 0.5) is 5.69 Å². The third-order valence-electron chi connectivity index (χ3n) is 5.42. The molecule has 1 aromatic heterocycles. The lowest BCUT2D eigenvalue weighted by Crippen LogP contribution is -2.49. The molecule has 11 heteroatoms. The van der Waals surface area contributed by atoms with Crippen LogP contribution in [0.5, 0.6) is 0 Å². The van der Waals surface area contributed by atoms with Crippen molar-refractivity contribution in [1.29, 1.82) is 0 Å². The summed E-state index contributed by atoms with van der Waals surface area (Å²) in [6, 6.07) is 12.8. The number of carbonyl (C=O) groups excluding carboxylic acids is 2. The highest BCUT2D eigenvalue weighted by atomic mass is 32.2. The van der Waals surface area contributed by atoms with Crippen molar-refractivity contribution in [2.75, 3.05) is 18.2 Å². The predicted molar refractivity (Wildman–Crippen MR) is 119 cm³/mol. The molecule has 0 saturated heterocycles. The van der Waals surface area contributed by atoms with E-state index in [1.807, 2.05) is 30.3 Å². The van der Waals surface area contributed by atoms with Gasteiger partial charge in [-0.1, -0.05) is 18.2 Å². The summed E-state index contributed by atoms with van der Waals surface area (Å²) >= 11 is 0. The van der Waals surface area contributed by atoms with Gasteiger partial charge in [0.25, 0.3) is 5.91 Å². The van der Waals surface area contributed by atoms with Crippen LogP contribution in [0.2, 0.25) is 0 Å². The van der Waals surface area contributed by atoms with Gasteiger partial charge in [-0.3, -0.25) is 19.5 Å². The Kier molecular flexibility index (Phi) is 6.63. The van der Waals surface area contributed by atoms with Gasteiger partial charge in [0, 0.05) is 30.1 Å². The third-order valence-corrected chi connectivity index (χ3v) is 7.44. The van der Waals surface area contributed by atoms with Crippen LogP contribution in [0.3, 0.4) is 0 Å². The van der Waals surface area contributed by atoms with Crippen molar-refractivity contribution in [2.24, 2.45) is 0 Å². The monoisotopic (exact) mass is 460 g/mol. The maximum absolute atomic E-state index is 12.1. The van der Waals surface area contributed by atoms with Crippen LogP contribution >= 0.6 is 0 Å². The van der Waals surface area contributed by atoms with Crippen LogP contribution in [0.25, 0.3) is 22.0 Å². The van der Waals surface area contributed by atoms with Crippen molar-refractivity contribution in [2.45, 2.75) is 24.6 Å². The van der Waals surface area contributed by atoms with E-state index in [0.29, 0.717) is 11.2 Å². The lowest BCUT2D eigenvalue weighted by molar-refractivity contribution is -0.131. The molecule has 4 N–H and O–H groups in total. The smallest absolute Gasteiger partial charge is 0.264 e. The van der Waals surface area contributed by atoms with E-state index in [1.54, 1.807) is 23.0 Å². The quantitative estimate of drug-likeness (QED) is 0.292. The predicted octanol–water partition coefficient (Wildman–Crippen LogP) is 1.33. The van der Waals surface area contributed by atoms with Crippen LogP contribution < -0.4 is 10.8 Å². The molecule has 1 heterocycles. The van der Waals surface area contributed by atoms with Gasteiger partial charge in [-0.25, -0.2) is 13.9 Å². The Morgan fingerprint density at radius 3 is 2.38 bits per heavy atom. The molecule has 0 bridgehead atoms. The molecule has 2 aromatic carbocycles. The number of aryl methyl sites for hydroxylation is 1. The molecule has 0 aliphatic rings. The Bertz CT molecular complexity index is 1250. The zero-order valence-corrected chi connectivity index (χ0v) is 18.4. The molecule has 0 aliphatic carbocycles. The second kappa shape index (κ2) is 9.07. The summed E-state index contributed by atoms with van der Waals surface area (Å²) in [5, 5.41) is 25.6. The maximum atomic E-state index is 12.1. The van der Waals surface area contributed by atoms with Crippen molar-refractivity contribution in [3.05, 3.63) is 48.7 Å². The standard InChI is InChI=1S/C21H24N4O6S/c1-21(20(28)24-29,32(2,30)31)9-10-25-12-16-11-15(5-8-18(16)23-25)14-3-6-17(7-4-14)22-19(27)13-26/h3-8,11-12,26,29H,9-10,13H2,1-2H3,(H,22,27)(H,24,28). The number of nitrogens with zero attached hydrogens (tertiary/aromatic N) is 2. The maximum Gasteiger partial charge on any atom is 0.264 e. The number of aliphatic hydroxyl groups is 1. The number of hydrogen-bond donors (Lipinski definition) is 4. The zero-order valence-electron chi connectivity index (χ0n) is 17.6. The first-order valence-electron chi connectivity index (χ1n) is 9.70. The minimum absolute atomic E-state index is 0.0694. The fourth-order valence-electron chi connectivity index (χ4n) is 3.23. The number of sulfone groups is 1. The summed E-state index contributed by atoms with van der Waals surface area (Å²) in [7, 11) is -3.78. The summed E-state index contributed by atoms with van der Waals surface area (Å²) in [5.74, 6) is -1.48. The number of aromatic nitrogens is 2. The van der Waals surface area contributed by atoms with Crippen LogP contribution in [0.15, 0.2) is 48.7 Å². The van der Waals surface area contributed by atoms with Crippen molar-refractivity contribution in [1.82, 2.24) is 15.3 Å². The topological polar surface area (TPSA) is 151 Å². The minimum Gasteiger partial charge on any atom is -0.387 e. The third kappa shape index (κ3) is 4.79. The second-order valence-corrected chi connectivity index (χ2v) is 10.1. The molecule has 1 atom stereocenters. The van der Waals surface area contributed by atoms with Gasteiger partial charge < -0.3 is 10.4 Å². The van der Waals surface area contributed by atoms with Crippen molar-refractivity contribution in [3.63, 3.8) is 0 Å². The number of fused-ring (bicyclic) bond motifs is 1. The molecule has 0 radical (unpaired) electrons. The first-order valence-corrected chi connectivity index (χ1v) is 11.6.